The van der Waals surface area contributed by atoms with Gasteiger partial charge in [-0.2, -0.15) is 0 Å². The monoisotopic (exact) mass is 427 g/mol. The van der Waals surface area contributed by atoms with Gasteiger partial charge in [-0.1, -0.05) is 12.1 Å². The lowest BCUT2D eigenvalue weighted by Crippen LogP contribution is -2.44. The van der Waals surface area contributed by atoms with E-state index >= 15 is 0 Å². The summed E-state index contributed by atoms with van der Waals surface area (Å²) in [5, 5.41) is 6.79. The quantitative estimate of drug-likeness (QED) is 0.363. The largest absolute Gasteiger partial charge is 0.356 e. The van der Waals surface area contributed by atoms with Gasteiger partial charge in [0.25, 0.3) is 0 Å². The fourth-order valence-electron chi connectivity index (χ4n) is 4.30. The fourth-order valence-corrected chi connectivity index (χ4v) is 4.30. The van der Waals surface area contributed by atoms with Crippen LogP contribution in [0.5, 0.6) is 0 Å². The van der Waals surface area contributed by atoms with Crippen molar-refractivity contribution in [3.05, 3.63) is 30.1 Å². The van der Waals surface area contributed by atoms with Crippen LogP contribution >= 0.6 is 0 Å². The highest BCUT2D eigenvalue weighted by molar-refractivity contribution is 5.81. The second-order valence-corrected chi connectivity index (χ2v) is 8.36. The Morgan fingerprint density at radius 1 is 1.19 bits per heavy atom. The Kier molecular flexibility index (Phi) is 8.28. The van der Waals surface area contributed by atoms with Crippen LogP contribution in [0.2, 0.25) is 0 Å². The number of likely N-dealkylation sites (tertiary alicyclic amines) is 1. The summed E-state index contributed by atoms with van der Waals surface area (Å²) in [4.78, 5) is 25.3. The van der Waals surface area contributed by atoms with Crippen molar-refractivity contribution in [3.63, 3.8) is 0 Å². The molecule has 1 aromatic heterocycles. The number of nitrogens with one attached hydrogen (secondary N) is 2. The first-order chi connectivity index (χ1) is 15.0. The number of imidazole rings is 1. The van der Waals surface area contributed by atoms with Crippen molar-refractivity contribution >= 4 is 22.9 Å². The molecule has 2 aromatic rings. The van der Waals surface area contributed by atoms with E-state index in [-0.39, 0.29) is 11.9 Å². The summed E-state index contributed by atoms with van der Waals surface area (Å²) >= 11 is 0. The van der Waals surface area contributed by atoms with Gasteiger partial charge in [-0.3, -0.25) is 14.7 Å². The van der Waals surface area contributed by atoms with E-state index in [1.807, 2.05) is 20.2 Å². The van der Waals surface area contributed by atoms with Crippen LogP contribution in [0, 0.1) is 6.92 Å². The number of fused-ring (bicyclic) bond motifs is 1. The van der Waals surface area contributed by atoms with Crippen LogP contribution in [-0.4, -0.2) is 84.6 Å². The molecule has 1 fully saturated rings. The highest BCUT2D eigenvalue weighted by Crippen LogP contribution is 2.18. The van der Waals surface area contributed by atoms with Crippen molar-refractivity contribution < 1.29 is 4.79 Å². The molecule has 8 nitrogen and oxygen atoms in total. The van der Waals surface area contributed by atoms with Crippen molar-refractivity contribution in [3.8, 4) is 0 Å². The van der Waals surface area contributed by atoms with E-state index in [0.717, 1.165) is 75.7 Å². The summed E-state index contributed by atoms with van der Waals surface area (Å²) in [6, 6.07) is 8.32. The summed E-state index contributed by atoms with van der Waals surface area (Å²) in [6.45, 7) is 6.61. The smallest absolute Gasteiger partial charge is 0.239 e. The first-order valence-electron chi connectivity index (χ1n) is 11.3. The average Bonchev–Trinajstić information content (AvgIpc) is 3.35. The molecular formula is C23H37N7O. The maximum Gasteiger partial charge on any atom is 0.239 e. The van der Waals surface area contributed by atoms with Crippen LogP contribution in [0.15, 0.2) is 29.3 Å². The number of benzene rings is 1. The molecule has 0 aliphatic carbocycles. The predicted octanol–water partition coefficient (Wildman–Crippen LogP) is 1.84. The van der Waals surface area contributed by atoms with Gasteiger partial charge in [0.2, 0.25) is 5.91 Å². The highest BCUT2D eigenvalue weighted by Gasteiger charge is 2.30. The topological polar surface area (TPSA) is 77.8 Å². The van der Waals surface area contributed by atoms with Crippen molar-refractivity contribution in [2.75, 3.05) is 47.3 Å². The van der Waals surface area contributed by atoms with Gasteiger partial charge in [0, 0.05) is 47.3 Å². The Bertz CT molecular complexity index is 889. The number of hydrogen-bond acceptors (Lipinski definition) is 4. The van der Waals surface area contributed by atoms with E-state index < -0.39 is 0 Å². The van der Waals surface area contributed by atoms with E-state index in [1.54, 1.807) is 11.9 Å². The molecule has 2 N–H and O–H groups in total. The number of guanidine groups is 1. The van der Waals surface area contributed by atoms with Crippen LogP contribution in [-0.2, 0) is 11.3 Å². The third-order valence-corrected chi connectivity index (χ3v) is 5.92. The number of para-hydroxylation sites is 2. The number of carbonyl (C=O) groups is 1. The predicted molar refractivity (Wildman–Crippen MR) is 126 cm³/mol. The molecule has 0 saturated carbocycles. The van der Waals surface area contributed by atoms with Crippen LogP contribution in [0.3, 0.4) is 0 Å². The van der Waals surface area contributed by atoms with Crippen molar-refractivity contribution in [2.45, 2.75) is 45.2 Å². The summed E-state index contributed by atoms with van der Waals surface area (Å²) in [6.07, 6.45) is 4.05. The number of aliphatic imine (C=N–C) groups is 1. The molecule has 8 heteroatoms. The number of rotatable bonds is 9. The number of aryl methyl sites for hydroxylation is 2. The third-order valence-electron chi connectivity index (χ3n) is 5.92. The zero-order valence-electron chi connectivity index (χ0n) is 19.4. The Labute approximate surface area is 185 Å². The molecule has 2 heterocycles. The summed E-state index contributed by atoms with van der Waals surface area (Å²) in [5.74, 6) is 2.11. The van der Waals surface area contributed by atoms with E-state index in [0.29, 0.717) is 0 Å². The number of hydrogen-bond donors (Lipinski definition) is 2. The number of nitrogens with zero attached hydrogens (tertiary/aromatic N) is 5. The van der Waals surface area contributed by atoms with Crippen molar-refractivity contribution in [1.29, 1.82) is 0 Å². The maximum absolute atomic E-state index is 12.3. The average molecular weight is 428 g/mol. The van der Waals surface area contributed by atoms with Gasteiger partial charge in [0.05, 0.1) is 17.1 Å². The summed E-state index contributed by atoms with van der Waals surface area (Å²) < 4.78 is 2.27. The minimum absolute atomic E-state index is 0.0511. The Morgan fingerprint density at radius 3 is 2.61 bits per heavy atom. The molecule has 1 unspecified atom stereocenters. The van der Waals surface area contributed by atoms with E-state index in [1.165, 1.54) is 5.52 Å². The van der Waals surface area contributed by atoms with Crippen molar-refractivity contribution in [2.24, 2.45) is 4.99 Å². The number of carbonyl (C=O) groups excluding carboxylic acids is 1. The van der Waals surface area contributed by atoms with E-state index in [9.17, 15) is 4.79 Å². The summed E-state index contributed by atoms with van der Waals surface area (Å²) in [5.41, 5.74) is 2.24. The Balaban J connectivity index is 1.35. The van der Waals surface area contributed by atoms with Crippen molar-refractivity contribution in [1.82, 2.24) is 30.0 Å². The van der Waals surface area contributed by atoms with E-state index in [2.05, 4.69) is 55.2 Å². The van der Waals surface area contributed by atoms with Gasteiger partial charge in [0.1, 0.15) is 5.82 Å². The molecule has 0 radical (unpaired) electrons. The molecular weight excluding hydrogens is 390 g/mol. The zero-order chi connectivity index (χ0) is 22.2. The number of aromatic nitrogens is 2. The van der Waals surface area contributed by atoms with E-state index in [4.69, 9.17) is 0 Å². The SMILES string of the molecule is CN=C(NCCCN1CCCC1C(=O)N(C)C)NCCCn1c(C)nc2ccccc21. The molecule has 31 heavy (non-hydrogen) atoms. The van der Waals surface area contributed by atoms with Crippen LogP contribution in [0.4, 0.5) is 0 Å². The Morgan fingerprint density at radius 2 is 1.90 bits per heavy atom. The van der Waals surface area contributed by atoms with Gasteiger partial charge >= 0.3 is 0 Å². The number of likely N-dealkylation sites (N-methyl/N-ethyl adjacent to an activating group) is 1. The molecule has 0 spiro atoms. The van der Waals surface area contributed by atoms with Gasteiger partial charge in [-0.05, 0) is 51.3 Å². The normalized spacial score (nSPS) is 17.3. The van der Waals surface area contributed by atoms with Crippen LogP contribution in [0.1, 0.15) is 31.5 Å². The van der Waals surface area contributed by atoms with Gasteiger partial charge in [-0.25, -0.2) is 4.98 Å². The maximum atomic E-state index is 12.3. The molecule has 1 aliphatic heterocycles. The molecule has 1 atom stereocenters. The molecule has 1 saturated heterocycles. The Hall–Kier alpha value is -2.61. The van der Waals surface area contributed by atoms with Gasteiger partial charge in [-0.15, -0.1) is 0 Å². The third kappa shape index (κ3) is 5.97. The molecule has 1 amide bonds. The highest BCUT2D eigenvalue weighted by atomic mass is 16.2. The molecule has 1 aliphatic rings. The lowest BCUT2D eigenvalue weighted by molar-refractivity contribution is -0.133. The van der Waals surface area contributed by atoms with Crippen LogP contribution in [0.25, 0.3) is 11.0 Å². The minimum Gasteiger partial charge on any atom is -0.356 e. The summed E-state index contributed by atoms with van der Waals surface area (Å²) in [7, 11) is 5.48. The first-order valence-corrected chi connectivity index (χ1v) is 11.3. The fraction of sp³-hybridized carbons (Fsp3) is 0.609. The second kappa shape index (κ2) is 11.1. The van der Waals surface area contributed by atoms with Gasteiger partial charge in [0.15, 0.2) is 5.96 Å². The second-order valence-electron chi connectivity index (χ2n) is 8.36. The molecule has 1 aromatic carbocycles. The van der Waals surface area contributed by atoms with Gasteiger partial charge < -0.3 is 20.1 Å². The first kappa shape index (κ1) is 23.1. The minimum atomic E-state index is 0.0511. The van der Waals surface area contributed by atoms with Crippen LogP contribution < -0.4 is 10.6 Å². The lowest BCUT2D eigenvalue weighted by atomic mass is 10.2. The number of amides is 1. The lowest BCUT2D eigenvalue weighted by Gasteiger charge is -2.26. The zero-order valence-corrected chi connectivity index (χ0v) is 19.4. The standard InChI is InChI=1S/C23H37N7O/c1-18-27-19-10-5-6-11-20(19)30(18)17-9-14-26-23(24-2)25-13-8-16-29-15-7-12-21(29)22(31)28(3)4/h5-6,10-11,21H,7-9,12-17H2,1-4H3,(H2,24,25,26). The molecule has 170 valence electrons. The molecule has 0 bridgehead atoms. The molecule has 3 rings (SSSR count).